The summed E-state index contributed by atoms with van der Waals surface area (Å²) in [6.45, 7) is 0.822. The van der Waals surface area contributed by atoms with Crippen molar-refractivity contribution in [3.63, 3.8) is 0 Å². The van der Waals surface area contributed by atoms with Gasteiger partial charge in [-0.3, -0.25) is 0 Å². The molecule has 1 aromatic rings. The van der Waals surface area contributed by atoms with Crippen LogP contribution in [0.3, 0.4) is 0 Å². The van der Waals surface area contributed by atoms with Crippen molar-refractivity contribution in [1.82, 2.24) is 5.32 Å². The number of benzene rings is 1. The van der Waals surface area contributed by atoms with Gasteiger partial charge in [0.25, 0.3) is 0 Å². The van der Waals surface area contributed by atoms with Crippen LogP contribution in [0.25, 0.3) is 0 Å². The largest absolute Gasteiger partial charge is 0.310 e. The van der Waals surface area contributed by atoms with Gasteiger partial charge in [-0.1, -0.05) is 18.6 Å². The highest BCUT2D eigenvalue weighted by molar-refractivity contribution is 5.16. The normalized spacial score (nSPS) is 39.7. The number of rotatable bonds is 3. The van der Waals surface area contributed by atoms with Crippen LogP contribution in [0.2, 0.25) is 0 Å². The van der Waals surface area contributed by atoms with Crippen molar-refractivity contribution in [2.45, 2.75) is 44.7 Å². The zero-order valence-corrected chi connectivity index (χ0v) is 11.3. The van der Waals surface area contributed by atoms with Gasteiger partial charge in [-0.25, -0.2) is 4.39 Å². The summed E-state index contributed by atoms with van der Waals surface area (Å²) in [6.07, 6.45) is 7.22. The second-order valence-corrected chi connectivity index (χ2v) is 6.77. The molecule has 1 nitrogen and oxygen atoms in total. The number of nitrogens with one attached hydrogen (secondary N) is 1. The summed E-state index contributed by atoms with van der Waals surface area (Å²) in [6, 6.07) is 7.68. The van der Waals surface area contributed by atoms with Crippen LogP contribution >= 0.6 is 0 Å². The van der Waals surface area contributed by atoms with Crippen LogP contribution in [-0.4, -0.2) is 6.04 Å². The van der Waals surface area contributed by atoms with Gasteiger partial charge >= 0.3 is 0 Å². The topological polar surface area (TPSA) is 12.0 Å². The molecular formula is C17H22FN. The maximum absolute atomic E-state index is 13.2. The molecule has 0 radical (unpaired) electrons. The Morgan fingerprint density at radius 1 is 1.11 bits per heavy atom. The first kappa shape index (κ1) is 11.9. The molecule has 19 heavy (non-hydrogen) atoms. The molecule has 2 unspecified atom stereocenters. The predicted octanol–water partition coefficient (Wildman–Crippen LogP) is 3.74. The molecule has 102 valence electrons. The van der Waals surface area contributed by atoms with E-state index in [0.29, 0.717) is 6.04 Å². The molecule has 2 bridgehead atoms. The molecule has 3 aliphatic carbocycles. The van der Waals surface area contributed by atoms with E-state index in [9.17, 15) is 4.39 Å². The molecule has 4 rings (SSSR count). The van der Waals surface area contributed by atoms with Crippen molar-refractivity contribution in [1.29, 1.82) is 0 Å². The van der Waals surface area contributed by atoms with Crippen molar-refractivity contribution < 1.29 is 4.39 Å². The first-order valence-corrected chi connectivity index (χ1v) is 7.79. The van der Waals surface area contributed by atoms with E-state index in [-0.39, 0.29) is 5.82 Å². The van der Waals surface area contributed by atoms with Crippen LogP contribution < -0.4 is 5.32 Å². The fraction of sp³-hybridized carbons (Fsp3) is 0.647. The van der Waals surface area contributed by atoms with E-state index in [4.69, 9.17) is 0 Å². The van der Waals surface area contributed by atoms with Crippen molar-refractivity contribution in [3.8, 4) is 0 Å². The van der Waals surface area contributed by atoms with E-state index in [1.54, 1.807) is 12.1 Å². The van der Waals surface area contributed by atoms with Gasteiger partial charge in [0, 0.05) is 12.6 Å². The molecule has 0 saturated heterocycles. The van der Waals surface area contributed by atoms with E-state index in [1.807, 2.05) is 6.07 Å². The van der Waals surface area contributed by atoms with Crippen molar-refractivity contribution >= 4 is 0 Å². The lowest BCUT2D eigenvalue weighted by atomic mass is 9.79. The highest BCUT2D eigenvalue weighted by Gasteiger charge is 2.53. The summed E-state index contributed by atoms with van der Waals surface area (Å²) in [7, 11) is 0. The summed E-state index contributed by atoms with van der Waals surface area (Å²) in [5.41, 5.74) is 1.07. The molecule has 1 N–H and O–H groups in total. The lowest BCUT2D eigenvalue weighted by molar-refractivity contribution is 0.208. The van der Waals surface area contributed by atoms with Crippen LogP contribution in [-0.2, 0) is 6.54 Å². The minimum atomic E-state index is -0.122. The Kier molecular flexibility index (Phi) is 2.87. The highest BCUT2D eigenvalue weighted by Crippen LogP contribution is 2.58. The summed E-state index contributed by atoms with van der Waals surface area (Å²) < 4.78 is 13.2. The minimum Gasteiger partial charge on any atom is -0.310 e. The second kappa shape index (κ2) is 4.59. The Morgan fingerprint density at radius 3 is 2.89 bits per heavy atom. The zero-order chi connectivity index (χ0) is 12.8. The van der Waals surface area contributed by atoms with Gasteiger partial charge in [0.05, 0.1) is 0 Å². The quantitative estimate of drug-likeness (QED) is 0.872. The average Bonchev–Trinajstić information content (AvgIpc) is 3.08. The Balaban J connectivity index is 1.40. The average molecular weight is 259 g/mol. The first-order valence-electron chi connectivity index (χ1n) is 7.79. The summed E-state index contributed by atoms with van der Waals surface area (Å²) >= 11 is 0. The summed E-state index contributed by atoms with van der Waals surface area (Å²) in [4.78, 5) is 0. The lowest BCUT2D eigenvalue weighted by Gasteiger charge is -2.32. The van der Waals surface area contributed by atoms with Gasteiger partial charge < -0.3 is 5.32 Å². The molecule has 1 aromatic carbocycles. The van der Waals surface area contributed by atoms with E-state index >= 15 is 0 Å². The monoisotopic (exact) mass is 259 g/mol. The minimum absolute atomic E-state index is 0.122. The second-order valence-electron chi connectivity index (χ2n) is 6.77. The molecular weight excluding hydrogens is 237 g/mol. The molecule has 0 aromatic heterocycles. The van der Waals surface area contributed by atoms with Gasteiger partial charge in [0.15, 0.2) is 0 Å². The molecule has 5 atom stereocenters. The third-order valence-electron chi connectivity index (χ3n) is 5.89. The number of halogens is 1. The molecule has 3 saturated carbocycles. The van der Waals surface area contributed by atoms with E-state index in [0.717, 1.165) is 35.8 Å². The predicted molar refractivity (Wildman–Crippen MR) is 74.1 cm³/mol. The number of hydrogen-bond donors (Lipinski definition) is 1. The highest BCUT2D eigenvalue weighted by atomic mass is 19.1. The SMILES string of the molecule is Fc1cccc(CN[C@@H]2CC3CC2[C@@H]2CCC[C@H]32)c1. The van der Waals surface area contributed by atoms with Crippen LogP contribution in [0.1, 0.15) is 37.7 Å². The van der Waals surface area contributed by atoms with Gasteiger partial charge in [-0.05, 0) is 67.1 Å². The zero-order valence-electron chi connectivity index (χ0n) is 11.3. The Hall–Kier alpha value is -0.890. The van der Waals surface area contributed by atoms with Crippen molar-refractivity contribution in [2.75, 3.05) is 0 Å². The first-order chi connectivity index (χ1) is 9.31. The third-order valence-corrected chi connectivity index (χ3v) is 5.89. The molecule has 2 heteroatoms. The molecule has 0 spiro atoms. The molecule has 0 heterocycles. The van der Waals surface area contributed by atoms with E-state index < -0.39 is 0 Å². The molecule has 0 amide bonds. The summed E-state index contributed by atoms with van der Waals surface area (Å²) in [5.74, 6) is 3.83. The molecule has 3 aliphatic rings. The fourth-order valence-corrected chi connectivity index (χ4v) is 5.20. The lowest BCUT2D eigenvalue weighted by Crippen LogP contribution is -2.38. The third kappa shape index (κ3) is 2.01. The van der Waals surface area contributed by atoms with Crippen LogP contribution in [0.15, 0.2) is 24.3 Å². The van der Waals surface area contributed by atoms with Gasteiger partial charge in [-0.2, -0.15) is 0 Å². The Bertz CT molecular complexity index is 472. The Morgan fingerprint density at radius 2 is 2.00 bits per heavy atom. The standard InChI is InChI=1S/C17H22FN/c18-13-4-1-3-11(7-13)10-19-17-9-12-8-16(17)15-6-2-5-14(12)15/h1,3-4,7,12,14-17,19H,2,5-6,8-10H2/t12?,14-,15-,16?,17-/m1/s1. The van der Waals surface area contributed by atoms with Gasteiger partial charge in [0.2, 0.25) is 0 Å². The van der Waals surface area contributed by atoms with Crippen LogP contribution in [0.5, 0.6) is 0 Å². The Labute approximate surface area is 114 Å². The molecule has 3 fully saturated rings. The smallest absolute Gasteiger partial charge is 0.123 e. The van der Waals surface area contributed by atoms with Crippen molar-refractivity contribution in [3.05, 3.63) is 35.6 Å². The van der Waals surface area contributed by atoms with Crippen molar-refractivity contribution in [2.24, 2.45) is 23.7 Å². The van der Waals surface area contributed by atoms with Gasteiger partial charge in [0.1, 0.15) is 5.82 Å². The molecule has 0 aliphatic heterocycles. The maximum Gasteiger partial charge on any atom is 0.123 e. The van der Waals surface area contributed by atoms with Gasteiger partial charge in [-0.15, -0.1) is 0 Å². The van der Waals surface area contributed by atoms with E-state index in [2.05, 4.69) is 5.32 Å². The number of fused-ring (bicyclic) bond motifs is 5. The number of hydrogen-bond acceptors (Lipinski definition) is 1. The van der Waals surface area contributed by atoms with Crippen LogP contribution in [0.4, 0.5) is 4.39 Å². The maximum atomic E-state index is 13.2. The summed E-state index contributed by atoms with van der Waals surface area (Å²) in [5, 5.41) is 3.70. The van der Waals surface area contributed by atoms with Crippen LogP contribution in [0, 0.1) is 29.5 Å². The fourth-order valence-electron chi connectivity index (χ4n) is 5.20. The van der Waals surface area contributed by atoms with E-state index in [1.165, 1.54) is 38.2 Å².